The van der Waals surface area contributed by atoms with Gasteiger partial charge in [-0.05, 0) is 49.1 Å². The van der Waals surface area contributed by atoms with E-state index in [4.69, 9.17) is 4.74 Å². The van der Waals surface area contributed by atoms with E-state index in [9.17, 15) is 19.4 Å². The normalized spacial score (nSPS) is 14.9. The van der Waals surface area contributed by atoms with Crippen LogP contribution in [-0.4, -0.2) is 56.7 Å². The van der Waals surface area contributed by atoms with Crippen molar-refractivity contribution in [2.45, 2.75) is 32.7 Å². The molecule has 0 spiro atoms. The van der Waals surface area contributed by atoms with Gasteiger partial charge in [0.2, 0.25) is 5.88 Å². The molecule has 1 aliphatic heterocycles. The highest BCUT2D eigenvalue weighted by atomic mass is 32.1. The van der Waals surface area contributed by atoms with Crippen molar-refractivity contribution in [3.8, 4) is 5.88 Å². The van der Waals surface area contributed by atoms with Crippen LogP contribution in [0.15, 0.2) is 28.5 Å². The van der Waals surface area contributed by atoms with Crippen molar-refractivity contribution in [1.82, 2.24) is 14.8 Å². The lowest BCUT2D eigenvalue weighted by molar-refractivity contribution is 0.0970. The molecular formula is C22H27N4O5PS. The molecule has 0 saturated carbocycles. The van der Waals surface area contributed by atoms with Crippen LogP contribution in [0.3, 0.4) is 0 Å². The first kappa shape index (κ1) is 23.8. The molecule has 2 N–H and O–H groups in total. The highest BCUT2D eigenvalue weighted by molar-refractivity contribution is 7.45. The van der Waals surface area contributed by atoms with Gasteiger partial charge in [-0.3, -0.25) is 9.59 Å². The summed E-state index contributed by atoms with van der Waals surface area (Å²) in [5, 5.41) is 7.18. The van der Waals surface area contributed by atoms with Crippen LogP contribution < -0.4 is 15.2 Å². The molecule has 0 radical (unpaired) electrons. The van der Waals surface area contributed by atoms with Crippen molar-refractivity contribution in [1.29, 1.82) is 0 Å². The number of ketones is 1. The number of anilines is 1. The van der Waals surface area contributed by atoms with E-state index in [1.54, 1.807) is 12.3 Å². The molecule has 0 unspecified atom stereocenters. The van der Waals surface area contributed by atoms with E-state index in [0.717, 1.165) is 24.8 Å². The molecule has 0 amide bonds. The van der Waals surface area contributed by atoms with Crippen molar-refractivity contribution in [3.05, 3.63) is 44.5 Å². The van der Waals surface area contributed by atoms with Crippen LogP contribution in [0, 0.1) is 12.8 Å². The summed E-state index contributed by atoms with van der Waals surface area (Å²) in [6, 6.07) is 3.50. The van der Waals surface area contributed by atoms with E-state index < -0.39 is 8.38 Å². The molecule has 11 heteroatoms. The van der Waals surface area contributed by atoms with E-state index in [1.165, 1.54) is 23.1 Å². The molecular weight excluding hydrogens is 463 g/mol. The van der Waals surface area contributed by atoms with Crippen molar-refractivity contribution in [2.75, 3.05) is 31.3 Å². The number of Topliss-reactive ketones (excluding diaryl/α,β-unsaturated/α-hetero) is 1. The predicted octanol–water partition coefficient (Wildman–Crippen LogP) is 2.96. The van der Waals surface area contributed by atoms with Crippen LogP contribution in [0.4, 0.5) is 5.82 Å². The molecule has 176 valence electrons. The van der Waals surface area contributed by atoms with Gasteiger partial charge in [0.25, 0.3) is 5.56 Å². The van der Waals surface area contributed by atoms with E-state index in [0.29, 0.717) is 52.5 Å². The summed E-state index contributed by atoms with van der Waals surface area (Å²) in [7, 11) is -0.332. The fourth-order valence-corrected chi connectivity index (χ4v) is 5.56. The Hall–Kier alpha value is -2.39. The zero-order valence-electron chi connectivity index (χ0n) is 18.6. The summed E-state index contributed by atoms with van der Waals surface area (Å²) in [5.74, 6) is 1.19. The molecule has 0 aliphatic carbocycles. The number of fused-ring (bicyclic) bond motifs is 1. The summed E-state index contributed by atoms with van der Waals surface area (Å²) in [6.45, 7) is 3.19. The molecule has 3 aromatic rings. The van der Waals surface area contributed by atoms with Crippen molar-refractivity contribution >= 4 is 42.1 Å². The Balaban J connectivity index is 1.63. The SMILES string of the molecule is COc1cc2cnn(CC(=O)c3cc(C)cs3)c(=O)c2c(N2CCC(CCP(O)O)CC2)n1. The van der Waals surface area contributed by atoms with Crippen LogP contribution in [-0.2, 0) is 6.54 Å². The average Bonchev–Trinajstić information content (AvgIpc) is 3.25. The molecule has 0 aromatic carbocycles. The number of carbonyl (C=O) groups excluding carboxylic acids is 1. The third-order valence-corrected chi connectivity index (χ3v) is 7.70. The predicted molar refractivity (Wildman–Crippen MR) is 130 cm³/mol. The minimum Gasteiger partial charge on any atom is -0.481 e. The number of aryl methyl sites for hydroxylation is 1. The summed E-state index contributed by atoms with van der Waals surface area (Å²) in [4.78, 5) is 51.7. The molecule has 4 rings (SSSR count). The molecule has 4 heterocycles. The molecule has 33 heavy (non-hydrogen) atoms. The maximum atomic E-state index is 13.4. The second-order valence-corrected chi connectivity index (χ2v) is 10.4. The Morgan fingerprint density at radius 3 is 2.70 bits per heavy atom. The Bertz CT molecular complexity index is 1200. The average molecular weight is 491 g/mol. The highest BCUT2D eigenvalue weighted by Crippen LogP contribution is 2.33. The maximum Gasteiger partial charge on any atom is 0.278 e. The lowest BCUT2D eigenvalue weighted by Crippen LogP contribution is -2.36. The number of hydrogen-bond acceptors (Lipinski definition) is 9. The maximum absolute atomic E-state index is 13.4. The topological polar surface area (TPSA) is 118 Å². The minimum absolute atomic E-state index is 0.131. The smallest absolute Gasteiger partial charge is 0.278 e. The largest absolute Gasteiger partial charge is 0.481 e. The molecule has 0 bridgehead atoms. The summed E-state index contributed by atoms with van der Waals surface area (Å²) >= 11 is 1.36. The number of aromatic nitrogens is 3. The lowest BCUT2D eigenvalue weighted by atomic mass is 9.94. The third-order valence-electron chi connectivity index (χ3n) is 5.95. The van der Waals surface area contributed by atoms with Gasteiger partial charge in [0.15, 0.2) is 14.2 Å². The number of thiophene rings is 1. The second-order valence-electron chi connectivity index (χ2n) is 8.29. The number of carbonyl (C=O) groups is 1. The third kappa shape index (κ3) is 5.41. The Kier molecular flexibility index (Phi) is 7.38. The number of pyridine rings is 1. The molecule has 0 atom stereocenters. The van der Waals surface area contributed by atoms with Gasteiger partial charge in [-0.25, -0.2) is 4.68 Å². The first-order valence-corrected chi connectivity index (χ1v) is 13.1. The van der Waals surface area contributed by atoms with Crippen molar-refractivity contribution in [3.63, 3.8) is 0 Å². The van der Waals surface area contributed by atoms with Gasteiger partial charge in [0, 0.05) is 30.7 Å². The second kappa shape index (κ2) is 10.3. The fraction of sp³-hybridized carbons (Fsp3) is 0.455. The van der Waals surface area contributed by atoms with Crippen molar-refractivity contribution < 1.29 is 19.3 Å². The molecule has 3 aromatic heterocycles. The van der Waals surface area contributed by atoms with Crippen molar-refractivity contribution in [2.24, 2.45) is 5.92 Å². The molecule has 1 fully saturated rings. The van der Waals surface area contributed by atoms with Gasteiger partial charge < -0.3 is 19.4 Å². The number of methoxy groups -OCH3 is 1. The summed E-state index contributed by atoms with van der Waals surface area (Å²) in [6.07, 6.45) is 4.53. The van der Waals surface area contributed by atoms with Gasteiger partial charge >= 0.3 is 0 Å². The Morgan fingerprint density at radius 2 is 2.06 bits per heavy atom. The number of hydrogen-bond donors (Lipinski definition) is 2. The van der Waals surface area contributed by atoms with Crippen LogP contribution in [0.2, 0.25) is 0 Å². The minimum atomic E-state index is -1.86. The van der Waals surface area contributed by atoms with Crippen LogP contribution >= 0.6 is 19.7 Å². The molecule has 9 nitrogen and oxygen atoms in total. The number of rotatable bonds is 8. The number of ether oxygens (including phenoxy) is 1. The first-order chi connectivity index (χ1) is 15.9. The zero-order chi connectivity index (χ0) is 23.5. The van der Waals surface area contributed by atoms with E-state index in [2.05, 4.69) is 15.0 Å². The van der Waals surface area contributed by atoms with Crippen LogP contribution in [0.1, 0.15) is 34.5 Å². The van der Waals surface area contributed by atoms with E-state index in [1.807, 2.05) is 18.4 Å². The van der Waals surface area contributed by atoms with Gasteiger partial charge in [-0.15, -0.1) is 11.3 Å². The van der Waals surface area contributed by atoms with E-state index in [-0.39, 0.29) is 17.9 Å². The summed E-state index contributed by atoms with van der Waals surface area (Å²) < 4.78 is 6.56. The molecule has 1 aliphatic rings. The van der Waals surface area contributed by atoms with E-state index >= 15 is 0 Å². The van der Waals surface area contributed by atoms with Gasteiger partial charge in [-0.2, -0.15) is 10.1 Å². The fourth-order valence-electron chi connectivity index (χ4n) is 4.13. The number of nitrogens with zero attached hydrogens (tertiary/aromatic N) is 4. The van der Waals surface area contributed by atoms with Crippen LogP contribution in [0.25, 0.3) is 10.8 Å². The monoisotopic (exact) mass is 490 g/mol. The number of piperidine rings is 1. The quantitative estimate of drug-likeness (QED) is 0.366. The Labute approximate surface area is 196 Å². The van der Waals surface area contributed by atoms with Crippen LogP contribution in [0.5, 0.6) is 5.88 Å². The highest BCUT2D eigenvalue weighted by Gasteiger charge is 2.25. The zero-order valence-corrected chi connectivity index (χ0v) is 20.3. The first-order valence-electron chi connectivity index (χ1n) is 10.8. The Morgan fingerprint density at radius 1 is 1.30 bits per heavy atom. The standard InChI is InChI=1S/C22H27N4O5PS/c1-14-9-18(33-13-14)17(27)12-26-22(28)20-16(11-23-26)10-19(31-2)24-21(20)25-6-3-15(4-7-25)5-8-32(29)30/h9-11,13,15,29-30H,3-8,12H2,1-2H3. The summed E-state index contributed by atoms with van der Waals surface area (Å²) in [5.41, 5.74) is 0.659. The van der Waals surface area contributed by atoms with Gasteiger partial charge in [0.05, 0.1) is 23.6 Å². The van der Waals surface area contributed by atoms with Gasteiger partial charge in [0.1, 0.15) is 12.4 Å². The lowest BCUT2D eigenvalue weighted by Gasteiger charge is -2.33. The van der Waals surface area contributed by atoms with Gasteiger partial charge in [-0.1, -0.05) is 0 Å². The molecule has 1 saturated heterocycles.